The van der Waals surface area contributed by atoms with E-state index < -0.39 is 5.97 Å². The molecule has 0 N–H and O–H groups in total. The van der Waals surface area contributed by atoms with Gasteiger partial charge in [0.05, 0.1) is 6.92 Å². The maximum atomic E-state index is 9.72. The molecule has 6 nitrogen and oxygen atoms in total. The first kappa shape index (κ1) is 9.41. The van der Waals surface area contributed by atoms with Gasteiger partial charge in [0.25, 0.3) is 19.4 Å². The Balaban J connectivity index is 4.09. The van der Waals surface area contributed by atoms with E-state index in [2.05, 4.69) is 21.1 Å². The van der Waals surface area contributed by atoms with E-state index >= 15 is 0 Å². The van der Waals surface area contributed by atoms with Crippen molar-refractivity contribution in [1.82, 2.24) is 0 Å². The van der Waals surface area contributed by atoms with E-state index in [0.29, 0.717) is 0 Å². The molecule has 0 fully saturated rings. The van der Waals surface area contributed by atoms with Crippen LogP contribution >= 0.6 is 0 Å². The Morgan fingerprint density at radius 3 is 1.36 bits per heavy atom. The Morgan fingerprint density at radius 1 is 0.909 bits per heavy atom. The summed E-state index contributed by atoms with van der Waals surface area (Å²) < 4.78 is 12.0. The van der Waals surface area contributed by atoms with Gasteiger partial charge in [0.2, 0.25) is 0 Å². The summed E-state index contributed by atoms with van der Waals surface area (Å²) in [6.45, 7) is 2.77. The molecule has 0 aromatic rings. The Hall–Kier alpha value is -1.59. The largest absolute Gasteiger partial charge is 0.423 e. The van der Waals surface area contributed by atoms with Crippen LogP contribution in [0.25, 0.3) is 0 Å². The number of ether oxygens (including phenoxy) is 3. The van der Waals surface area contributed by atoms with E-state index in [-0.39, 0.29) is 19.4 Å². The third-order valence-corrected chi connectivity index (χ3v) is 0.683. The second-order valence-electron chi connectivity index (χ2n) is 1.33. The van der Waals surface area contributed by atoms with E-state index in [9.17, 15) is 14.4 Å². The molecule has 0 atom stereocenters. The predicted octanol–water partition coefficient (Wildman–Crippen LogP) is -1.01. The average Bonchev–Trinajstić information content (AvgIpc) is 1.88. The molecule has 0 unspecified atom stereocenters. The van der Waals surface area contributed by atoms with Crippen LogP contribution in [0.15, 0.2) is 0 Å². The molecule has 0 spiro atoms. The van der Waals surface area contributed by atoms with Crippen molar-refractivity contribution in [3.63, 3.8) is 0 Å². The molecule has 0 aromatic carbocycles. The van der Waals surface area contributed by atoms with Crippen molar-refractivity contribution in [2.24, 2.45) is 0 Å². The Kier molecular flexibility index (Phi) is 3.65. The normalized spacial score (nSPS) is 9.55. The second kappa shape index (κ2) is 4.26. The average molecular weight is 161 g/mol. The van der Waals surface area contributed by atoms with E-state index in [4.69, 9.17) is 0 Å². The molecule has 0 rings (SSSR count). The summed E-state index contributed by atoms with van der Waals surface area (Å²) in [6, 6.07) is 0. The molecular formula is C5H5O6. The van der Waals surface area contributed by atoms with Crippen LogP contribution in [-0.2, 0) is 28.6 Å². The van der Waals surface area contributed by atoms with Gasteiger partial charge >= 0.3 is 5.97 Å². The van der Waals surface area contributed by atoms with Crippen LogP contribution in [0.4, 0.5) is 0 Å². The van der Waals surface area contributed by atoms with Crippen LogP contribution in [0.2, 0.25) is 0 Å². The second-order valence-corrected chi connectivity index (χ2v) is 1.33. The highest BCUT2D eigenvalue weighted by Gasteiger charge is 2.29. The van der Waals surface area contributed by atoms with Gasteiger partial charge in [-0.25, -0.2) is 0 Å². The number of carbonyl (C=O) groups excluding carboxylic acids is 3. The molecule has 0 aliphatic heterocycles. The minimum atomic E-state index is -2.20. The van der Waals surface area contributed by atoms with Gasteiger partial charge in [0.1, 0.15) is 0 Å². The Bertz CT molecular complexity index is 127. The molecule has 1 radical (unpaired) electrons. The van der Waals surface area contributed by atoms with Gasteiger partial charge in [0.15, 0.2) is 0 Å². The zero-order valence-corrected chi connectivity index (χ0v) is 5.39. The van der Waals surface area contributed by atoms with Crippen LogP contribution in [0.1, 0.15) is 0 Å². The molecule has 0 aromatic heterocycles. The van der Waals surface area contributed by atoms with Crippen LogP contribution in [0, 0.1) is 6.92 Å². The van der Waals surface area contributed by atoms with Crippen molar-refractivity contribution in [2.45, 2.75) is 5.97 Å². The molecule has 0 bridgehead atoms. The zero-order valence-electron chi connectivity index (χ0n) is 5.39. The van der Waals surface area contributed by atoms with Gasteiger partial charge < -0.3 is 14.2 Å². The Morgan fingerprint density at radius 2 is 1.18 bits per heavy atom. The summed E-state index contributed by atoms with van der Waals surface area (Å²) in [5.41, 5.74) is 0. The summed E-state index contributed by atoms with van der Waals surface area (Å²) in [5, 5.41) is 0. The molecule has 61 valence electrons. The lowest BCUT2D eigenvalue weighted by Gasteiger charge is -2.20. The fraction of sp³-hybridized carbons (Fsp3) is 0.200. The Labute approximate surface area is 62.0 Å². The fourth-order valence-electron chi connectivity index (χ4n) is 0.303. The van der Waals surface area contributed by atoms with Crippen molar-refractivity contribution < 1.29 is 28.6 Å². The van der Waals surface area contributed by atoms with Gasteiger partial charge in [-0.3, -0.25) is 14.4 Å². The molecule has 0 saturated heterocycles. The number of rotatable bonds is 6. The third kappa shape index (κ3) is 3.19. The monoisotopic (exact) mass is 161 g/mol. The molecule has 0 aliphatic carbocycles. The minimum absolute atomic E-state index is 0.0694. The van der Waals surface area contributed by atoms with Crippen molar-refractivity contribution in [2.75, 3.05) is 0 Å². The van der Waals surface area contributed by atoms with Gasteiger partial charge in [-0.15, -0.1) is 0 Å². The number of carbonyl (C=O) groups is 3. The topological polar surface area (TPSA) is 78.9 Å². The van der Waals surface area contributed by atoms with Gasteiger partial charge in [0, 0.05) is 0 Å². The van der Waals surface area contributed by atoms with E-state index in [1.54, 1.807) is 0 Å². The third-order valence-electron chi connectivity index (χ3n) is 0.683. The molecule has 11 heavy (non-hydrogen) atoms. The highest BCUT2D eigenvalue weighted by molar-refractivity contribution is 5.44. The first-order valence-electron chi connectivity index (χ1n) is 2.38. The summed E-state index contributed by atoms with van der Waals surface area (Å²) in [6.07, 6.45) is 0. The summed E-state index contributed by atoms with van der Waals surface area (Å²) in [7, 11) is 0. The van der Waals surface area contributed by atoms with Crippen molar-refractivity contribution in [3.8, 4) is 0 Å². The van der Waals surface area contributed by atoms with E-state index in [1.165, 1.54) is 0 Å². The van der Waals surface area contributed by atoms with Crippen LogP contribution < -0.4 is 0 Å². The number of hydrogen-bond acceptors (Lipinski definition) is 6. The fourth-order valence-corrected chi connectivity index (χ4v) is 0.303. The van der Waals surface area contributed by atoms with Gasteiger partial charge in [-0.05, 0) is 0 Å². The lowest BCUT2D eigenvalue weighted by Crippen LogP contribution is -2.35. The predicted molar refractivity (Wildman–Crippen MR) is 29.5 cm³/mol. The first-order valence-corrected chi connectivity index (χ1v) is 2.38. The lowest BCUT2D eigenvalue weighted by molar-refractivity contribution is -0.288. The minimum Gasteiger partial charge on any atom is -0.390 e. The highest BCUT2D eigenvalue weighted by Crippen LogP contribution is 2.08. The molecule has 0 aliphatic rings. The van der Waals surface area contributed by atoms with Crippen LogP contribution in [0.5, 0.6) is 0 Å². The summed E-state index contributed by atoms with van der Waals surface area (Å²) in [5.74, 6) is -2.20. The van der Waals surface area contributed by atoms with E-state index in [0.717, 1.165) is 0 Å². The molecule has 0 saturated carbocycles. The van der Waals surface area contributed by atoms with Crippen LogP contribution in [-0.4, -0.2) is 25.4 Å². The van der Waals surface area contributed by atoms with Crippen LogP contribution in [0.3, 0.4) is 0 Å². The lowest BCUT2D eigenvalue weighted by atomic mass is 10.6. The molecule has 0 amide bonds. The summed E-state index contributed by atoms with van der Waals surface area (Å²) >= 11 is 0. The molecular weight excluding hydrogens is 156 g/mol. The quantitative estimate of drug-likeness (QED) is 0.367. The molecule has 6 heteroatoms. The standard InChI is InChI=1S/C5H5O6/c1-5(9-2-6,10-3-7)11-4-8/h2-4H,1H2. The van der Waals surface area contributed by atoms with Crippen molar-refractivity contribution >= 4 is 19.4 Å². The van der Waals surface area contributed by atoms with E-state index in [1.807, 2.05) is 0 Å². The summed E-state index contributed by atoms with van der Waals surface area (Å²) in [4.78, 5) is 29.1. The molecule has 0 heterocycles. The maximum absolute atomic E-state index is 9.72. The van der Waals surface area contributed by atoms with Gasteiger partial charge in [-0.1, -0.05) is 0 Å². The SMILES string of the molecule is [CH2]C(OC=O)(OC=O)OC=O. The van der Waals surface area contributed by atoms with Crippen molar-refractivity contribution in [3.05, 3.63) is 6.92 Å². The zero-order chi connectivity index (χ0) is 8.74. The van der Waals surface area contributed by atoms with Crippen molar-refractivity contribution in [1.29, 1.82) is 0 Å². The van der Waals surface area contributed by atoms with Gasteiger partial charge in [-0.2, -0.15) is 0 Å². The maximum Gasteiger partial charge on any atom is 0.423 e. The smallest absolute Gasteiger partial charge is 0.390 e. The number of hydrogen-bond donors (Lipinski definition) is 0. The highest BCUT2D eigenvalue weighted by atomic mass is 16.9. The first-order chi connectivity index (χ1) is 5.18.